The monoisotopic (exact) mass is 316 g/mol. The molecule has 0 aromatic carbocycles. The van der Waals surface area contributed by atoms with Crippen molar-refractivity contribution in [2.75, 3.05) is 29.0 Å². The second kappa shape index (κ2) is 6.80. The van der Waals surface area contributed by atoms with Crippen LogP contribution in [0, 0.1) is 0 Å². The van der Waals surface area contributed by atoms with Gasteiger partial charge in [-0.25, -0.2) is 0 Å². The van der Waals surface area contributed by atoms with Crippen LogP contribution in [-0.4, -0.2) is 37.8 Å². The molecule has 2 aromatic rings. The first kappa shape index (κ1) is 15.5. The van der Waals surface area contributed by atoms with Crippen molar-refractivity contribution in [2.24, 2.45) is 7.05 Å². The van der Waals surface area contributed by atoms with Crippen molar-refractivity contribution in [2.45, 2.75) is 38.6 Å². The largest absolute Gasteiger partial charge is 0.370 e. The zero-order valence-electron chi connectivity index (χ0n) is 13.7. The Labute approximate surface area is 136 Å². The van der Waals surface area contributed by atoms with Gasteiger partial charge in [0.15, 0.2) is 5.82 Å². The molecule has 1 aliphatic rings. The number of nitrogens with two attached hydrogens (primary N) is 1. The molecule has 3 rings (SSSR count). The van der Waals surface area contributed by atoms with Crippen LogP contribution >= 0.6 is 0 Å². The lowest BCUT2D eigenvalue weighted by Crippen LogP contribution is -2.26. The van der Waals surface area contributed by atoms with E-state index in [0.29, 0.717) is 5.95 Å². The summed E-state index contributed by atoms with van der Waals surface area (Å²) in [4.78, 5) is 11.0. The molecule has 3 N–H and O–H groups in total. The van der Waals surface area contributed by atoms with E-state index in [1.165, 1.54) is 0 Å². The molecule has 8 heteroatoms. The average molecular weight is 316 g/mol. The second-order valence-electron chi connectivity index (χ2n) is 5.90. The molecule has 1 atom stereocenters. The van der Waals surface area contributed by atoms with Gasteiger partial charge in [0.05, 0.1) is 6.04 Å². The first-order chi connectivity index (χ1) is 11.2. The maximum absolute atomic E-state index is 5.90. The van der Waals surface area contributed by atoms with Crippen molar-refractivity contribution < 1.29 is 0 Å². The fourth-order valence-electron chi connectivity index (χ4n) is 2.99. The predicted molar refractivity (Wildman–Crippen MR) is 90.2 cm³/mol. The summed E-state index contributed by atoms with van der Waals surface area (Å²) in [6.07, 6.45) is 6.11. The Hall–Kier alpha value is -2.38. The number of aromatic nitrogens is 5. The zero-order chi connectivity index (χ0) is 16.2. The van der Waals surface area contributed by atoms with E-state index in [2.05, 4.69) is 37.3 Å². The van der Waals surface area contributed by atoms with Gasteiger partial charge in [-0.05, 0) is 19.3 Å². The molecule has 1 unspecified atom stereocenters. The quantitative estimate of drug-likeness (QED) is 0.783. The van der Waals surface area contributed by atoms with E-state index in [1.54, 1.807) is 6.33 Å². The molecule has 0 spiro atoms. The SMILES string of the molecule is CCCCNc1cc(N2CCCC2c2nncn2C)nc(N)n1. The van der Waals surface area contributed by atoms with Crippen LogP contribution in [0.4, 0.5) is 17.6 Å². The molecule has 0 bridgehead atoms. The maximum Gasteiger partial charge on any atom is 0.223 e. The lowest BCUT2D eigenvalue weighted by molar-refractivity contribution is 0.625. The van der Waals surface area contributed by atoms with E-state index in [4.69, 9.17) is 5.73 Å². The number of hydrogen-bond acceptors (Lipinski definition) is 7. The van der Waals surface area contributed by atoms with E-state index in [1.807, 2.05) is 17.7 Å². The van der Waals surface area contributed by atoms with Gasteiger partial charge in [-0.3, -0.25) is 0 Å². The third-order valence-corrected chi connectivity index (χ3v) is 4.16. The number of anilines is 3. The number of aryl methyl sites for hydroxylation is 1. The second-order valence-corrected chi connectivity index (χ2v) is 5.90. The van der Waals surface area contributed by atoms with Gasteiger partial charge < -0.3 is 20.5 Å². The van der Waals surface area contributed by atoms with E-state index in [-0.39, 0.29) is 6.04 Å². The fraction of sp³-hybridized carbons (Fsp3) is 0.600. The molecular weight excluding hydrogens is 292 g/mol. The molecule has 23 heavy (non-hydrogen) atoms. The number of nitrogens with zero attached hydrogens (tertiary/aromatic N) is 6. The Morgan fingerprint density at radius 2 is 2.26 bits per heavy atom. The van der Waals surface area contributed by atoms with Gasteiger partial charge in [0.1, 0.15) is 18.0 Å². The molecule has 0 aliphatic carbocycles. The summed E-state index contributed by atoms with van der Waals surface area (Å²) in [6.45, 7) is 3.98. The minimum absolute atomic E-state index is 0.181. The molecular formula is C15H24N8. The minimum atomic E-state index is 0.181. The first-order valence-electron chi connectivity index (χ1n) is 8.18. The Morgan fingerprint density at radius 1 is 1.39 bits per heavy atom. The molecule has 1 saturated heterocycles. The van der Waals surface area contributed by atoms with Crippen molar-refractivity contribution in [1.82, 2.24) is 24.7 Å². The van der Waals surface area contributed by atoms with E-state index < -0.39 is 0 Å². The highest BCUT2D eigenvalue weighted by Gasteiger charge is 2.30. The van der Waals surface area contributed by atoms with Gasteiger partial charge in [0, 0.05) is 26.2 Å². The fourth-order valence-corrected chi connectivity index (χ4v) is 2.99. The number of nitrogen functional groups attached to an aromatic ring is 1. The van der Waals surface area contributed by atoms with Gasteiger partial charge in [0.2, 0.25) is 5.95 Å². The number of rotatable bonds is 6. The van der Waals surface area contributed by atoms with Crippen LogP contribution in [0.25, 0.3) is 0 Å². The van der Waals surface area contributed by atoms with E-state index >= 15 is 0 Å². The summed E-state index contributed by atoms with van der Waals surface area (Å²) in [5, 5.41) is 11.6. The third kappa shape index (κ3) is 3.35. The first-order valence-corrected chi connectivity index (χ1v) is 8.18. The molecule has 0 radical (unpaired) electrons. The molecule has 124 valence electrons. The lowest BCUT2D eigenvalue weighted by Gasteiger charge is -2.25. The lowest BCUT2D eigenvalue weighted by atomic mass is 10.2. The Bertz CT molecular complexity index is 653. The summed E-state index contributed by atoms with van der Waals surface area (Å²) in [5.74, 6) is 2.89. The highest BCUT2D eigenvalue weighted by molar-refractivity contribution is 5.54. The van der Waals surface area contributed by atoms with E-state index in [0.717, 1.165) is 56.2 Å². The molecule has 3 heterocycles. The van der Waals surface area contributed by atoms with Crippen LogP contribution in [0.5, 0.6) is 0 Å². The average Bonchev–Trinajstić information content (AvgIpc) is 3.15. The highest BCUT2D eigenvalue weighted by Crippen LogP contribution is 2.34. The minimum Gasteiger partial charge on any atom is -0.370 e. The summed E-state index contributed by atoms with van der Waals surface area (Å²) < 4.78 is 1.97. The number of nitrogens with one attached hydrogen (secondary N) is 1. The summed E-state index contributed by atoms with van der Waals surface area (Å²) >= 11 is 0. The van der Waals surface area contributed by atoms with Crippen molar-refractivity contribution >= 4 is 17.6 Å². The van der Waals surface area contributed by atoms with Gasteiger partial charge in [0.25, 0.3) is 0 Å². The molecule has 1 aliphatic heterocycles. The molecule has 1 fully saturated rings. The molecule has 2 aromatic heterocycles. The van der Waals surface area contributed by atoms with Crippen molar-refractivity contribution in [1.29, 1.82) is 0 Å². The van der Waals surface area contributed by atoms with Crippen LogP contribution in [-0.2, 0) is 7.05 Å². The topological polar surface area (TPSA) is 97.8 Å². The Balaban J connectivity index is 1.83. The standard InChI is InChI=1S/C15H24N8/c1-3-4-7-17-12-9-13(20-15(16)19-12)23-8-5-6-11(23)14-21-18-10-22(14)2/h9-11H,3-8H2,1-2H3,(H3,16,17,19,20). The smallest absolute Gasteiger partial charge is 0.223 e. The summed E-state index contributed by atoms with van der Waals surface area (Å²) in [6, 6.07) is 2.15. The van der Waals surface area contributed by atoms with Gasteiger partial charge in [-0.2, -0.15) is 9.97 Å². The van der Waals surface area contributed by atoms with Crippen LogP contribution in [0.2, 0.25) is 0 Å². The van der Waals surface area contributed by atoms with E-state index in [9.17, 15) is 0 Å². The van der Waals surface area contributed by atoms with Gasteiger partial charge in [-0.15, -0.1) is 10.2 Å². The zero-order valence-corrected chi connectivity index (χ0v) is 13.7. The van der Waals surface area contributed by atoms with Gasteiger partial charge >= 0.3 is 0 Å². The van der Waals surface area contributed by atoms with Crippen LogP contribution < -0.4 is 16.0 Å². The normalized spacial score (nSPS) is 17.7. The maximum atomic E-state index is 5.90. The highest BCUT2D eigenvalue weighted by atomic mass is 15.3. The number of unbranched alkanes of at least 4 members (excludes halogenated alkanes) is 1. The molecule has 8 nitrogen and oxygen atoms in total. The predicted octanol–water partition coefficient (Wildman–Crippen LogP) is 1.74. The van der Waals surface area contributed by atoms with Crippen LogP contribution in [0.3, 0.4) is 0 Å². The van der Waals surface area contributed by atoms with Crippen LogP contribution in [0.15, 0.2) is 12.4 Å². The third-order valence-electron chi connectivity index (χ3n) is 4.16. The van der Waals surface area contributed by atoms with Crippen molar-refractivity contribution in [3.63, 3.8) is 0 Å². The Morgan fingerprint density at radius 3 is 3.00 bits per heavy atom. The summed E-state index contributed by atoms with van der Waals surface area (Å²) in [5.41, 5.74) is 5.90. The molecule has 0 amide bonds. The van der Waals surface area contributed by atoms with Crippen molar-refractivity contribution in [3.05, 3.63) is 18.2 Å². The summed E-state index contributed by atoms with van der Waals surface area (Å²) in [7, 11) is 1.97. The van der Waals surface area contributed by atoms with Crippen LogP contribution in [0.1, 0.15) is 44.5 Å². The number of hydrogen-bond donors (Lipinski definition) is 2. The molecule has 0 saturated carbocycles. The van der Waals surface area contributed by atoms with Gasteiger partial charge in [-0.1, -0.05) is 13.3 Å². The Kier molecular flexibility index (Phi) is 4.59. The van der Waals surface area contributed by atoms with Crippen molar-refractivity contribution in [3.8, 4) is 0 Å².